The number of rotatable bonds is 8. The largest absolute Gasteiger partial charge is 0.384 e. The Morgan fingerprint density at radius 3 is 2.62 bits per heavy atom. The van der Waals surface area contributed by atoms with Gasteiger partial charge in [0.25, 0.3) is 0 Å². The predicted molar refractivity (Wildman–Crippen MR) is 159 cm³/mol. The van der Waals surface area contributed by atoms with Crippen LogP contribution >= 0.6 is 0 Å². The Labute approximate surface area is 231 Å². The Balaban J connectivity index is 1.39. The van der Waals surface area contributed by atoms with Crippen molar-refractivity contribution in [1.29, 1.82) is 0 Å². The topological polar surface area (TPSA) is 102 Å². The lowest BCUT2D eigenvalue weighted by atomic mass is 10.0. The number of halogens is 1. The summed E-state index contributed by atoms with van der Waals surface area (Å²) in [4.78, 5) is 21.2. The normalized spacial score (nSPS) is 11.6. The number of nitrogens with one attached hydrogen (secondary N) is 3. The lowest BCUT2D eigenvalue weighted by Gasteiger charge is -2.13. The van der Waals surface area contributed by atoms with E-state index in [9.17, 15) is 4.39 Å². The highest BCUT2D eigenvalue weighted by Gasteiger charge is 2.17. The van der Waals surface area contributed by atoms with Crippen molar-refractivity contribution in [3.05, 3.63) is 72.9 Å². The molecule has 0 saturated heterocycles. The maximum Gasteiger partial charge on any atom is 0.178 e. The van der Waals surface area contributed by atoms with Gasteiger partial charge in [-0.25, -0.2) is 14.4 Å². The minimum absolute atomic E-state index is 0.312. The fourth-order valence-corrected chi connectivity index (χ4v) is 4.74. The second kappa shape index (κ2) is 10.4. The highest BCUT2D eigenvalue weighted by Crippen LogP contribution is 2.34. The van der Waals surface area contributed by atoms with Crippen LogP contribution in [0.25, 0.3) is 55.8 Å². The molecule has 0 saturated carbocycles. The van der Waals surface area contributed by atoms with Crippen molar-refractivity contribution in [3.8, 4) is 33.8 Å². The Morgan fingerprint density at radius 1 is 0.925 bits per heavy atom. The Kier molecular flexibility index (Phi) is 6.61. The van der Waals surface area contributed by atoms with Crippen molar-refractivity contribution in [2.75, 3.05) is 51.5 Å². The van der Waals surface area contributed by atoms with Crippen molar-refractivity contribution in [2.24, 2.45) is 0 Å². The van der Waals surface area contributed by atoms with Gasteiger partial charge in [-0.15, -0.1) is 0 Å². The van der Waals surface area contributed by atoms with Gasteiger partial charge in [-0.3, -0.25) is 10.1 Å². The summed E-state index contributed by atoms with van der Waals surface area (Å²) >= 11 is 0. The number of imidazole rings is 1. The van der Waals surface area contributed by atoms with Gasteiger partial charge in [0.2, 0.25) is 0 Å². The molecule has 40 heavy (non-hydrogen) atoms. The fraction of sp³-hybridized carbons (Fsp3) is 0.200. The van der Waals surface area contributed by atoms with Crippen LogP contribution < -0.4 is 10.2 Å². The molecule has 0 unspecified atom stereocenters. The van der Waals surface area contributed by atoms with E-state index in [1.54, 1.807) is 6.20 Å². The molecule has 0 spiro atoms. The predicted octanol–water partition coefficient (Wildman–Crippen LogP) is 5.41. The van der Waals surface area contributed by atoms with E-state index >= 15 is 0 Å². The molecular formula is C30H30FN9. The van der Waals surface area contributed by atoms with E-state index < -0.39 is 0 Å². The maximum atomic E-state index is 14.6. The molecule has 6 aromatic rings. The van der Waals surface area contributed by atoms with Crippen LogP contribution in [0.4, 0.5) is 15.8 Å². The van der Waals surface area contributed by atoms with Gasteiger partial charge in [-0.2, -0.15) is 5.10 Å². The van der Waals surface area contributed by atoms with Crippen LogP contribution in [0.5, 0.6) is 0 Å². The van der Waals surface area contributed by atoms with Crippen LogP contribution in [0.2, 0.25) is 0 Å². The summed E-state index contributed by atoms with van der Waals surface area (Å²) in [7, 11) is 8.00. The molecule has 4 heterocycles. The number of fused-ring (bicyclic) bond motifs is 2. The molecule has 0 atom stereocenters. The number of aromatic amines is 2. The van der Waals surface area contributed by atoms with Crippen LogP contribution in [0.15, 0.2) is 67.1 Å². The van der Waals surface area contributed by atoms with Gasteiger partial charge in [0.05, 0.1) is 22.9 Å². The van der Waals surface area contributed by atoms with Gasteiger partial charge in [0.15, 0.2) is 11.5 Å². The summed E-state index contributed by atoms with van der Waals surface area (Å²) in [6.45, 7) is 1.55. The summed E-state index contributed by atoms with van der Waals surface area (Å²) in [5.41, 5.74) is 8.15. The molecule has 6 rings (SSSR count). The number of nitrogens with zero attached hydrogens (tertiary/aromatic N) is 6. The number of anilines is 2. The van der Waals surface area contributed by atoms with Crippen LogP contribution in [-0.4, -0.2) is 76.3 Å². The molecule has 0 fully saturated rings. The molecular weight excluding hydrogens is 505 g/mol. The van der Waals surface area contributed by atoms with Crippen LogP contribution in [-0.2, 0) is 0 Å². The monoisotopic (exact) mass is 535 g/mol. The molecule has 0 amide bonds. The maximum absolute atomic E-state index is 14.6. The first-order valence-corrected chi connectivity index (χ1v) is 13.0. The fourth-order valence-electron chi connectivity index (χ4n) is 4.74. The van der Waals surface area contributed by atoms with E-state index in [4.69, 9.17) is 4.98 Å². The van der Waals surface area contributed by atoms with E-state index in [1.807, 2.05) is 69.7 Å². The minimum Gasteiger partial charge on any atom is -0.384 e. The Bertz CT molecular complexity index is 1820. The molecule has 0 aliphatic rings. The van der Waals surface area contributed by atoms with Gasteiger partial charge in [-0.05, 0) is 67.7 Å². The first kappa shape index (κ1) is 25.4. The molecule has 4 aromatic heterocycles. The molecule has 0 bridgehead atoms. The van der Waals surface area contributed by atoms with Crippen LogP contribution in [0.3, 0.4) is 0 Å². The number of benzene rings is 2. The average Bonchev–Trinajstić information content (AvgIpc) is 3.56. The van der Waals surface area contributed by atoms with Crippen molar-refractivity contribution in [2.45, 2.75) is 0 Å². The molecule has 202 valence electrons. The first-order valence-electron chi connectivity index (χ1n) is 13.0. The molecule has 10 heteroatoms. The molecule has 3 N–H and O–H groups in total. The molecule has 0 aliphatic carbocycles. The molecule has 0 aliphatic heterocycles. The van der Waals surface area contributed by atoms with Crippen molar-refractivity contribution >= 4 is 33.4 Å². The van der Waals surface area contributed by atoms with Gasteiger partial charge in [0.1, 0.15) is 11.5 Å². The number of likely N-dealkylation sites (N-methyl/N-ethyl adjacent to an activating group) is 1. The quantitative estimate of drug-likeness (QED) is 0.240. The molecule has 0 radical (unpaired) electrons. The number of hydrogen-bond donors (Lipinski definition) is 3. The lowest BCUT2D eigenvalue weighted by molar-refractivity contribution is 0.425. The third-order valence-corrected chi connectivity index (χ3v) is 6.85. The first-order chi connectivity index (χ1) is 19.4. The van der Waals surface area contributed by atoms with Crippen molar-refractivity contribution in [3.63, 3.8) is 0 Å². The highest BCUT2D eigenvalue weighted by atomic mass is 19.1. The van der Waals surface area contributed by atoms with E-state index in [1.165, 1.54) is 12.1 Å². The zero-order valence-corrected chi connectivity index (χ0v) is 22.8. The van der Waals surface area contributed by atoms with E-state index in [0.29, 0.717) is 23.7 Å². The third kappa shape index (κ3) is 4.96. The summed E-state index contributed by atoms with van der Waals surface area (Å²) in [5.74, 6) is 0.271. The SMILES string of the molecule is CN(C)CCNc1cc(F)cc(-c2ccnc3nc(-c4n[nH]c5ccc(-c6cncc(N(C)C)c6)cc45)[nH]c23)c1. The van der Waals surface area contributed by atoms with Crippen molar-refractivity contribution < 1.29 is 4.39 Å². The third-order valence-electron chi connectivity index (χ3n) is 6.85. The number of aromatic nitrogens is 6. The summed E-state index contributed by atoms with van der Waals surface area (Å²) in [6, 6.07) is 15.1. The molecule has 9 nitrogen and oxygen atoms in total. The Hall–Kier alpha value is -4.83. The van der Waals surface area contributed by atoms with Gasteiger partial charge in [-0.1, -0.05) is 6.07 Å². The van der Waals surface area contributed by atoms with Gasteiger partial charge >= 0.3 is 0 Å². The smallest absolute Gasteiger partial charge is 0.178 e. The zero-order chi connectivity index (χ0) is 27.8. The summed E-state index contributed by atoms with van der Waals surface area (Å²) in [6.07, 6.45) is 5.39. The summed E-state index contributed by atoms with van der Waals surface area (Å²) < 4.78 is 14.6. The standard InChI is InChI=1S/C30H30FN9/c1-39(2)10-9-33-22-12-19(11-21(31)15-22)24-7-8-34-29-27(24)35-30(36-29)28-25-14-18(5-6-26(25)37-38-28)20-13-23(40(3)4)17-32-16-20/h5-8,11-17,33H,9-10H2,1-4H3,(H,37,38)(H,34,35,36). The van der Waals surface area contributed by atoms with E-state index in [2.05, 4.69) is 47.5 Å². The second-order valence-electron chi connectivity index (χ2n) is 10.3. The van der Waals surface area contributed by atoms with Crippen molar-refractivity contribution in [1.82, 2.24) is 35.0 Å². The lowest BCUT2D eigenvalue weighted by Crippen LogP contribution is -2.20. The second-order valence-corrected chi connectivity index (χ2v) is 10.3. The summed E-state index contributed by atoms with van der Waals surface area (Å²) in [5, 5.41) is 11.9. The van der Waals surface area contributed by atoms with E-state index in [0.717, 1.165) is 56.6 Å². The minimum atomic E-state index is -0.312. The number of hydrogen-bond acceptors (Lipinski definition) is 7. The van der Waals surface area contributed by atoms with Crippen LogP contribution in [0.1, 0.15) is 0 Å². The van der Waals surface area contributed by atoms with E-state index in [-0.39, 0.29) is 5.82 Å². The Morgan fingerprint density at radius 2 is 1.80 bits per heavy atom. The highest BCUT2D eigenvalue weighted by molar-refractivity contribution is 5.97. The van der Waals surface area contributed by atoms with Crippen LogP contribution in [0, 0.1) is 5.82 Å². The molecule has 2 aromatic carbocycles. The average molecular weight is 536 g/mol. The van der Waals surface area contributed by atoms with Gasteiger partial charge in [0, 0.05) is 61.8 Å². The number of H-pyrrole nitrogens is 2. The number of pyridine rings is 2. The van der Waals surface area contributed by atoms with Gasteiger partial charge < -0.3 is 20.1 Å². The zero-order valence-electron chi connectivity index (χ0n) is 22.8.